The Morgan fingerprint density at radius 3 is 1.61 bits per heavy atom. The van der Waals surface area contributed by atoms with Crippen LogP contribution in [0.4, 0.5) is 0 Å². The number of rotatable bonds is 23. The van der Waals surface area contributed by atoms with Gasteiger partial charge in [-0.05, 0) is 25.2 Å². The maximum atomic E-state index is 12.4. The molecule has 0 aromatic rings. The summed E-state index contributed by atoms with van der Waals surface area (Å²) >= 11 is 0. The highest BCUT2D eigenvalue weighted by Gasteiger charge is 2.45. The monoisotopic (exact) mass is 442 g/mol. The first-order valence-electron chi connectivity index (χ1n) is 13.5. The summed E-state index contributed by atoms with van der Waals surface area (Å²) in [5, 5.41) is 29.7. The third kappa shape index (κ3) is 13.5. The van der Waals surface area contributed by atoms with Crippen LogP contribution in [0.2, 0.25) is 0 Å². The normalized spacial score (nSPS) is 15.5. The van der Waals surface area contributed by atoms with Gasteiger partial charge in [0.2, 0.25) is 0 Å². The Balaban J connectivity index is 4.54. The molecule has 0 aliphatic rings. The van der Waals surface area contributed by atoms with E-state index < -0.39 is 17.5 Å². The van der Waals surface area contributed by atoms with E-state index >= 15 is 0 Å². The van der Waals surface area contributed by atoms with Crippen molar-refractivity contribution in [3.8, 4) is 0 Å². The molecule has 0 amide bonds. The zero-order valence-corrected chi connectivity index (χ0v) is 21.0. The zero-order chi connectivity index (χ0) is 23.4. The van der Waals surface area contributed by atoms with Crippen molar-refractivity contribution in [1.29, 1.82) is 0 Å². The highest BCUT2D eigenvalue weighted by molar-refractivity contribution is 5.75. The number of unbranched alkanes of at least 4 members (excludes halogenated alkanes) is 13. The Morgan fingerprint density at radius 1 is 0.742 bits per heavy atom. The third-order valence-corrected chi connectivity index (χ3v) is 7.14. The molecule has 0 aliphatic heterocycles. The van der Waals surface area contributed by atoms with Gasteiger partial charge in [0.1, 0.15) is 0 Å². The number of hydrogen-bond acceptors (Lipinski definition) is 3. The van der Waals surface area contributed by atoms with Crippen molar-refractivity contribution in [2.24, 2.45) is 11.3 Å². The smallest absolute Gasteiger partial charge is 0.310 e. The van der Waals surface area contributed by atoms with Gasteiger partial charge in [-0.1, -0.05) is 124 Å². The van der Waals surface area contributed by atoms with Crippen LogP contribution in [-0.2, 0) is 4.79 Å². The number of hydrogen-bond donors (Lipinski definition) is 3. The van der Waals surface area contributed by atoms with E-state index in [1.54, 1.807) is 0 Å². The molecule has 0 bridgehead atoms. The summed E-state index contributed by atoms with van der Waals surface area (Å²) in [7, 11) is 0. The average Bonchev–Trinajstić information content (AvgIpc) is 2.76. The molecule has 0 heterocycles. The first-order chi connectivity index (χ1) is 15.0. The van der Waals surface area contributed by atoms with Crippen LogP contribution in [0.15, 0.2) is 0 Å². The summed E-state index contributed by atoms with van der Waals surface area (Å²) in [4.78, 5) is 12.4. The second-order valence-electron chi connectivity index (χ2n) is 9.74. The van der Waals surface area contributed by atoms with Crippen molar-refractivity contribution in [3.05, 3.63) is 0 Å². The minimum Gasteiger partial charge on any atom is -0.481 e. The number of carbonyl (C=O) groups is 1. The molecule has 0 rings (SSSR count). The van der Waals surface area contributed by atoms with Gasteiger partial charge in [-0.25, -0.2) is 0 Å². The van der Waals surface area contributed by atoms with E-state index in [4.69, 9.17) is 0 Å². The molecule has 0 aromatic heterocycles. The summed E-state index contributed by atoms with van der Waals surface area (Å²) in [6.45, 7) is 6.13. The lowest BCUT2D eigenvalue weighted by Gasteiger charge is -2.38. The van der Waals surface area contributed by atoms with Crippen molar-refractivity contribution in [2.45, 2.75) is 149 Å². The summed E-state index contributed by atoms with van der Waals surface area (Å²) < 4.78 is 0. The van der Waals surface area contributed by atoms with Gasteiger partial charge in [0, 0.05) is 0 Å². The second-order valence-corrected chi connectivity index (χ2v) is 9.74. The Labute approximate surface area is 193 Å². The van der Waals surface area contributed by atoms with Crippen LogP contribution in [-0.4, -0.2) is 34.0 Å². The molecule has 4 nitrogen and oxygen atoms in total. The van der Waals surface area contributed by atoms with Gasteiger partial charge in [0.25, 0.3) is 0 Å². The summed E-state index contributed by atoms with van der Waals surface area (Å²) in [6.07, 6.45) is 19.9. The predicted molar refractivity (Wildman–Crippen MR) is 131 cm³/mol. The lowest BCUT2D eigenvalue weighted by molar-refractivity contribution is -0.157. The topological polar surface area (TPSA) is 77.8 Å². The van der Waals surface area contributed by atoms with Crippen LogP contribution in [0.25, 0.3) is 0 Å². The summed E-state index contributed by atoms with van der Waals surface area (Å²) in [5.41, 5.74) is -0.914. The standard InChI is InChI=1S/C27H54O4/c1-4-7-9-11-12-13-14-15-16-17-18-20-24(6-3)27(26(30)31,22-25(29)23-28)21-19-10-8-5-2/h24-25,28-29H,4-23H2,1-3H3,(H,30,31). The lowest BCUT2D eigenvalue weighted by atomic mass is 9.65. The largest absolute Gasteiger partial charge is 0.481 e. The van der Waals surface area contributed by atoms with Gasteiger partial charge < -0.3 is 15.3 Å². The molecule has 0 spiro atoms. The molecule has 0 radical (unpaired) electrons. The highest BCUT2D eigenvalue weighted by Crippen LogP contribution is 2.43. The second kappa shape index (κ2) is 20.0. The lowest BCUT2D eigenvalue weighted by Crippen LogP contribution is -2.42. The molecular weight excluding hydrogens is 388 g/mol. The fourth-order valence-electron chi connectivity index (χ4n) is 5.12. The van der Waals surface area contributed by atoms with Crippen LogP contribution in [0.1, 0.15) is 143 Å². The van der Waals surface area contributed by atoms with Crippen LogP contribution in [0.3, 0.4) is 0 Å². The average molecular weight is 443 g/mol. The van der Waals surface area contributed by atoms with Crippen molar-refractivity contribution in [1.82, 2.24) is 0 Å². The molecule has 3 N–H and O–H groups in total. The molecule has 0 saturated heterocycles. The molecule has 186 valence electrons. The zero-order valence-electron chi connectivity index (χ0n) is 21.0. The number of aliphatic hydroxyl groups excluding tert-OH is 2. The molecule has 3 unspecified atom stereocenters. The van der Waals surface area contributed by atoms with Crippen LogP contribution in [0.5, 0.6) is 0 Å². The van der Waals surface area contributed by atoms with Crippen LogP contribution >= 0.6 is 0 Å². The fourth-order valence-corrected chi connectivity index (χ4v) is 5.12. The van der Waals surface area contributed by atoms with Gasteiger partial charge in [-0.2, -0.15) is 0 Å². The van der Waals surface area contributed by atoms with E-state index in [2.05, 4.69) is 20.8 Å². The molecule has 0 saturated carbocycles. The minimum atomic E-state index is -0.950. The number of carboxylic acid groups (broad SMARTS) is 1. The van der Waals surface area contributed by atoms with E-state index in [-0.39, 0.29) is 18.9 Å². The van der Waals surface area contributed by atoms with Gasteiger partial charge in [-0.15, -0.1) is 0 Å². The van der Waals surface area contributed by atoms with Gasteiger partial charge in [0.15, 0.2) is 0 Å². The van der Waals surface area contributed by atoms with Crippen molar-refractivity contribution < 1.29 is 20.1 Å². The highest BCUT2D eigenvalue weighted by atomic mass is 16.4. The van der Waals surface area contributed by atoms with Gasteiger partial charge >= 0.3 is 5.97 Å². The maximum Gasteiger partial charge on any atom is 0.310 e. The number of aliphatic carboxylic acids is 1. The Bertz CT molecular complexity index is 412. The Kier molecular flexibility index (Phi) is 19.6. The summed E-state index contributed by atoms with van der Waals surface area (Å²) in [5.74, 6) is -0.724. The van der Waals surface area contributed by atoms with Crippen LogP contribution < -0.4 is 0 Å². The van der Waals surface area contributed by atoms with Crippen molar-refractivity contribution in [2.75, 3.05) is 6.61 Å². The van der Waals surface area contributed by atoms with E-state index in [1.165, 1.54) is 64.2 Å². The molecule has 0 aromatic carbocycles. The first-order valence-corrected chi connectivity index (χ1v) is 13.5. The first kappa shape index (κ1) is 30.4. The third-order valence-electron chi connectivity index (χ3n) is 7.14. The minimum absolute atomic E-state index is 0.0615. The van der Waals surface area contributed by atoms with E-state index in [0.717, 1.165) is 44.9 Å². The van der Waals surface area contributed by atoms with Gasteiger partial charge in [0.05, 0.1) is 18.1 Å². The van der Waals surface area contributed by atoms with Gasteiger partial charge in [-0.3, -0.25) is 4.79 Å². The Morgan fingerprint density at radius 2 is 1.19 bits per heavy atom. The predicted octanol–water partition coefficient (Wildman–Crippen LogP) is 7.50. The molecular formula is C27H54O4. The summed E-state index contributed by atoms with van der Waals surface area (Å²) in [6, 6.07) is 0. The molecule has 4 heteroatoms. The van der Waals surface area contributed by atoms with E-state index in [0.29, 0.717) is 6.42 Å². The number of aliphatic hydroxyl groups is 2. The Hall–Kier alpha value is -0.610. The quantitative estimate of drug-likeness (QED) is 0.143. The molecule has 31 heavy (non-hydrogen) atoms. The van der Waals surface area contributed by atoms with E-state index in [1.807, 2.05) is 0 Å². The van der Waals surface area contributed by atoms with Crippen molar-refractivity contribution in [3.63, 3.8) is 0 Å². The molecule has 3 atom stereocenters. The van der Waals surface area contributed by atoms with Crippen LogP contribution in [0, 0.1) is 11.3 Å². The maximum absolute atomic E-state index is 12.4. The fraction of sp³-hybridized carbons (Fsp3) is 0.963. The SMILES string of the molecule is CCCCCCCCCCCCCC(CC)C(CCCCCC)(CC(O)CO)C(=O)O. The molecule has 0 fully saturated rings. The molecule has 0 aliphatic carbocycles. The number of carboxylic acids is 1. The van der Waals surface area contributed by atoms with Crippen molar-refractivity contribution >= 4 is 5.97 Å². The van der Waals surface area contributed by atoms with E-state index in [9.17, 15) is 20.1 Å².